The molecule has 0 aromatic heterocycles. The third-order valence-corrected chi connectivity index (χ3v) is 6.91. The third kappa shape index (κ3) is 8.34. The van der Waals surface area contributed by atoms with E-state index in [0.717, 1.165) is 11.3 Å². The van der Waals surface area contributed by atoms with Crippen LogP contribution in [-0.4, -0.2) is 12.6 Å². The topological polar surface area (TPSA) is 62.1 Å². The zero-order valence-electron chi connectivity index (χ0n) is 23.9. The average Bonchev–Trinajstić information content (AvgIpc) is 3.87. The molecule has 0 radical (unpaired) electrons. The molecule has 0 amide bonds. The lowest BCUT2D eigenvalue weighted by Crippen LogP contribution is -2.29. The van der Waals surface area contributed by atoms with E-state index in [9.17, 15) is 10.1 Å². The molecule has 1 aliphatic carbocycles. The van der Waals surface area contributed by atoms with Crippen LogP contribution in [0.15, 0.2) is 107 Å². The van der Waals surface area contributed by atoms with Gasteiger partial charge in [0.2, 0.25) is 0 Å². The van der Waals surface area contributed by atoms with Gasteiger partial charge in [-0.15, -0.1) is 0 Å². The van der Waals surface area contributed by atoms with Gasteiger partial charge < -0.3 is 10.1 Å². The van der Waals surface area contributed by atoms with Gasteiger partial charge in [-0.25, -0.2) is 4.79 Å². The number of nitrogens with one attached hydrogen (secondary N) is 1. The minimum atomic E-state index is -0.536. The molecule has 0 bridgehead atoms. The smallest absolute Gasteiger partial charge is 0.336 e. The Morgan fingerprint density at radius 3 is 2.00 bits per heavy atom. The van der Waals surface area contributed by atoms with E-state index in [-0.39, 0.29) is 12.5 Å². The Balaban J connectivity index is 0.000000809. The van der Waals surface area contributed by atoms with Crippen LogP contribution in [0.2, 0.25) is 5.02 Å². The quantitative estimate of drug-likeness (QED) is 0.296. The SMILES string of the molecule is C1CC1.CC.CC1=C(C#N)C(c2cccc(Cl)c2)C(C(=O)OCCC(c2ccccc2)c2ccccc2)=C(C)N1. The van der Waals surface area contributed by atoms with Crippen LogP contribution >= 0.6 is 11.6 Å². The van der Waals surface area contributed by atoms with Crippen LogP contribution in [0.1, 0.15) is 81.9 Å². The molecule has 1 fully saturated rings. The fraction of sp³-hybridized carbons (Fsp3) is 0.314. The summed E-state index contributed by atoms with van der Waals surface area (Å²) >= 11 is 6.24. The van der Waals surface area contributed by atoms with Gasteiger partial charge in [0.1, 0.15) is 0 Å². The summed E-state index contributed by atoms with van der Waals surface area (Å²) in [6.45, 7) is 7.92. The zero-order valence-corrected chi connectivity index (χ0v) is 24.7. The number of rotatable bonds is 7. The summed E-state index contributed by atoms with van der Waals surface area (Å²) in [6.07, 6.45) is 5.14. The fourth-order valence-corrected chi connectivity index (χ4v) is 4.87. The summed E-state index contributed by atoms with van der Waals surface area (Å²) in [5.74, 6) is -0.864. The highest BCUT2D eigenvalue weighted by atomic mass is 35.5. The van der Waals surface area contributed by atoms with Crippen molar-refractivity contribution in [2.45, 2.75) is 65.2 Å². The second kappa shape index (κ2) is 15.7. The number of esters is 1. The van der Waals surface area contributed by atoms with Gasteiger partial charge in [0.05, 0.1) is 29.7 Å². The maximum atomic E-state index is 13.4. The van der Waals surface area contributed by atoms with E-state index in [0.29, 0.717) is 28.3 Å². The molecule has 0 saturated heterocycles. The number of halogens is 1. The zero-order chi connectivity index (χ0) is 28.9. The van der Waals surface area contributed by atoms with Gasteiger partial charge in [-0.1, -0.05) is 118 Å². The van der Waals surface area contributed by atoms with Crippen LogP contribution in [0.4, 0.5) is 0 Å². The van der Waals surface area contributed by atoms with Crippen molar-refractivity contribution in [3.8, 4) is 6.07 Å². The highest BCUT2D eigenvalue weighted by Crippen LogP contribution is 2.39. The van der Waals surface area contributed by atoms with E-state index in [1.807, 2.05) is 76.2 Å². The second-order valence-corrected chi connectivity index (χ2v) is 10.1. The van der Waals surface area contributed by atoms with Crippen LogP contribution in [0.25, 0.3) is 0 Å². The van der Waals surface area contributed by atoms with Crippen molar-refractivity contribution < 1.29 is 9.53 Å². The minimum absolute atomic E-state index is 0.102. The standard InChI is InChI=1S/C30H27ClN2O2.C3H6.C2H6/c1-20-27(19-32)29(24-14-9-15-25(31)18-24)28(21(2)33-20)30(34)35-17-16-26(22-10-5-3-6-11-22)23-12-7-4-8-13-23;1-2-3-1;1-2/h3-15,18,26,29,33H,16-17H2,1-2H3;1-3H2;1-2H3. The number of hydrogen-bond acceptors (Lipinski definition) is 4. The minimum Gasteiger partial charge on any atom is -0.462 e. The first-order valence-corrected chi connectivity index (χ1v) is 14.5. The second-order valence-electron chi connectivity index (χ2n) is 9.66. The molecule has 0 spiro atoms. The van der Waals surface area contributed by atoms with E-state index < -0.39 is 11.9 Å². The van der Waals surface area contributed by atoms with Crippen molar-refractivity contribution in [3.05, 3.63) is 129 Å². The first kappa shape index (κ1) is 30.7. The Kier molecular flexibility index (Phi) is 12.1. The van der Waals surface area contributed by atoms with E-state index >= 15 is 0 Å². The lowest BCUT2D eigenvalue weighted by molar-refractivity contribution is -0.139. The molecule has 1 aliphatic heterocycles. The molecule has 3 aromatic rings. The molecule has 5 heteroatoms. The Hall–Kier alpha value is -3.81. The number of ether oxygens (including phenoxy) is 1. The predicted molar refractivity (Wildman–Crippen MR) is 164 cm³/mol. The maximum Gasteiger partial charge on any atom is 0.336 e. The molecule has 1 N–H and O–H groups in total. The molecule has 1 unspecified atom stereocenters. The highest BCUT2D eigenvalue weighted by Gasteiger charge is 2.34. The number of nitriles is 1. The predicted octanol–water partition coefficient (Wildman–Crippen LogP) is 9.06. The molecule has 5 rings (SSSR count). The lowest BCUT2D eigenvalue weighted by atomic mass is 9.81. The summed E-state index contributed by atoms with van der Waals surface area (Å²) in [6, 6.07) is 30.0. The number of dihydropyridines is 1. The fourth-order valence-electron chi connectivity index (χ4n) is 4.68. The van der Waals surface area contributed by atoms with Gasteiger partial charge in [0, 0.05) is 22.3 Å². The number of allylic oxidation sites excluding steroid dienone is 3. The van der Waals surface area contributed by atoms with E-state index in [1.165, 1.54) is 30.4 Å². The van der Waals surface area contributed by atoms with Crippen LogP contribution < -0.4 is 5.32 Å². The Morgan fingerprint density at radius 1 is 0.925 bits per heavy atom. The molecule has 3 aromatic carbocycles. The van der Waals surface area contributed by atoms with Crippen molar-refractivity contribution in [1.29, 1.82) is 5.26 Å². The molecule has 1 heterocycles. The van der Waals surface area contributed by atoms with Gasteiger partial charge in [0.15, 0.2) is 0 Å². The number of benzene rings is 3. The normalized spacial score (nSPS) is 15.6. The molecule has 1 saturated carbocycles. The first-order valence-electron chi connectivity index (χ1n) is 14.1. The molecular formula is C35H39ClN2O2. The summed E-state index contributed by atoms with van der Waals surface area (Å²) in [5.41, 5.74) is 5.45. The molecule has 40 heavy (non-hydrogen) atoms. The number of hydrogen-bond donors (Lipinski definition) is 1. The molecule has 208 valence electrons. The van der Waals surface area contributed by atoms with Gasteiger partial charge in [0.25, 0.3) is 0 Å². The van der Waals surface area contributed by atoms with Crippen LogP contribution in [0, 0.1) is 11.3 Å². The van der Waals surface area contributed by atoms with Gasteiger partial charge in [-0.05, 0) is 49.1 Å². The monoisotopic (exact) mass is 554 g/mol. The Labute approximate surface area is 244 Å². The largest absolute Gasteiger partial charge is 0.462 e. The van der Waals surface area contributed by atoms with Gasteiger partial charge in [-0.2, -0.15) is 5.26 Å². The molecule has 4 nitrogen and oxygen atoms in total. The number of carbonyl (C=O) groups excluding carboxylic acids is 1. The highest BCUT2D eigenvalue weighted by molar-refractivity contribution is 6.30. The van der Waals surface area contributed by atoms with Crippen molar-refractivity contribution in [2.24, 2.45) is 0 Å². The maximum absolute atomic E-state index is 13.4. The first-order chi connectivity index (χ1) is 19.5. The van der Waals surface area contributed by atoms with Crippen molar-refractivity contribution >= 4 is 17.6 Å². The number of carbonyl (C=O) groups is 1. The Morgan fingerprint density at radius 2 is 1.50 bits per heavy atom. The van der Waals surface area contributed by atoms with E-state index in [4.69, 9.17) is 16.3 Å². The summed E-state index contributed by atoms with van der Waals surface area (Å²) < 4.78 is 5.83. The van der Waals surface area contributed by atoms with Gasteiger partial charge >= 0.3 is 5.97 Å². The molecule has 2 aliphatic rings. The van der Waals surface area contributed by atoms with Gasteiger partial charge in [-0.3, -0.25) is 0 Å². The molecular weight excluding hydrogens is 516 g/mol. The van der Waals surface area contributed by atoms with Crippen molar-refractivity contribution in [2.75, 3.05) is 6.61 Å². The van der Waals surface area contributed by atoms with E-state index in [1.54, 1.807) is 12.1 Å². The van der Waals surface area contributed by atoms with Crippen LogP contribution in [-0.2, 0) is 9.53 Å². The average molecular weight is 555 g/mol. The van der Waals surface area contributed by atoms with E-state index in [2.05, 4.69) is 35.7 Å². The summed E-state index contributed by atoms with van der Waals surface area (Å²) in [5, 5.41) is 13.6. The van der Waals surface area contributed by atoms with Crippen LogP contribution in [0.3, 0.4) is 0 Å². The van der Waals surface area contributed by atoms with Crippen molar-refractivity contribution in [1.82, 2.24) is 5.32 Å². The molecule has 1 atom stereocenters. The Bertz CT molecular complexity index is 1310. The summed E-state index contributed by atoms with van der Waals surface area (Å²) in [7, 11) is 0. The lowest BCUT2D eigenvalue weighted by Gasteiger charge is -2.29. The third-order valence-electron chi connectivity index (χ3n) is 6.68. The summed E-state index contributed by atoms with van der Waals surface area (Å²) in [4.78, 5) is 13.4. The number of nitrogens with zero attached hydrogens (tertiary/aromatic N) is 1. The van der Waals surface area contributed by atoms with Crippen molar-refractivity contribution in [3.63, 3.8) is 0 Å². The van der Waals surface area contributed by atoms with Crippen LogP contribution in [0.5, 0.6) is 0 Å².